The Morgan fingerprint density at radius 3 is 2.15 bits per heavy atom. The molecule has 3 atom stereocenters. The second kappa shape index (κ2) is 10.9. The molecule has 26 heavy (non-hydrogen) atoms. The number of quaternary nitrogens is 1. The second-order valence-corrected chi connectivity index (χ2v) is 7.64. The Labute approximate surface area is 156 Å². The summed E-state index contributed by atoms with van der Waals surface area (Å²) in [5.74, 6) is -0.0304. The summed E-state index contributed by atoms with van der Waals surface area (Å²) in [6.07, 6.45) is 0.0721. The molecule has 0 fully saturated rings. The van der Waals surface area contributed by atoms with Gasteiger partial charge in [-0.15, -0.1) is 0 Å². The average molecular weight is 365 g/mol. The molecule has 0 bridgehead atoms. The third-order valence-electron chi connectivity index (χ3n) is 4.13. The standard InChI is InChI=1S/C20H33N3O3/c1-13(2)11-17(19(25)22-16-9-7-6-8-10-16)23-20(26)18(14(3)4)21-12-15(5)24/h6-10,13-15,17-18,21,24H,11-12H2,1-5H3,(H,22,25)(H,23,26)/p+1/t15-,17-,18-/m0/s1. The number of anilines is 1. The van der Waals surface area contributed by atoms with Crippen molar-refractivity contribution in [1.82, 2.24) is 5.32 Å². The molecule has 1 aromatic rings. The van der Waals surface area contributed by atoms with Gasteiger partial charge in [-0.05, 0) is 31.4 Å². The van der Waals surface area contributed by atoms with Gasteiger partial charge in [0, 0.05) is 11.6 Å². The van der Waals surface area contributed by atoms with Gasteiger partial charge in [-0.3, -0.25) is 9.59 Å². The van der Waals surface area contributed by atoms with Crippen molar-refractivity contribution in [2.24, 2.45) is 11.8 Å². The number of amides is 2. The van der Waals surface area contributed by atoms with Crippen LogP contribution in [0.2, 0.25) is 0 Å². The van der Waals surface area contributed by atoms with E-state index in [1.807, 2.05) is 63.3 Å². The number of hydrogen-bond acceptors (Lipinski definition) is 3. The van der Waals surface area contributed by atoms with Crippen LogP contribution in [0.25, 0.3) is 0 Å². The minimum absolute atomic E-state index is 0.0886. The van der Waals surface area contributed by atoms with Gasteiger partial charge in [0.05, 0.1) is 6.10 Å². The van der Waals surface area contributed by atoms with E-state index in [-0.39, 0.29) is 29.7 Å². The fourth-order valence-corrected chi connectivity index (χ4v) is 2.75. The van der Waals surface area contributed by atoms with Gasteiger partial charge in [-0.25, -0.2) is 0 Å². The van der Waals surface area contributed by atoms with Crippen LogP contribution >= 0.6 is 0 Å². The van der Waals surface area contributed by atoms with Crippen molar-refractivity contribution in [3.05, 3.63) is 30.3 Å². The van der Waals surface area contributed by atoms with Gasteiger partial charge in [0.25, 0.3) is 5.91 Å². The summed E-state index contributed by atoms with van der Waals surface area (Å²) >= 11 is 0. The van der Waals surface area contributed by atoms with Gasteiger partial charge in [0.2, 0.25) is 5.91 Å². The molecule has 0 saturated carbocycles. The maximum absolute atomic E-state index is 12.7. The third-order valence-corrected chi connectivity index (χ3v) is 4.13. The number of carbonyl (C=O) groups excluding carboxylic acids is 2. The topological polar surface area (TPSA) is 95.0 Å². The Morgan fingerprint density at radius 1 is 1.04 bits per heavy atom. The molecule has 2 amide bonds. The lowest BCUT2D eigenvalue weighted by Gasteiger charge is -2.24. The van der Waals surface area contributed by atoms with Crippen LogP contribution in [0, 0.1) is 11.8 Å². The Hall–Kier alpha value is -1.92. The van der Waals surface area contributed by atoms with Crippen molar-refractivity contribution in [3.63, 3.8) is 0 Å². The first-order valence-corrected chi connectivity index (χ1v) is 9.38. The number of aliphatic hydroxyl groups excluding tert-OH is 1. The Kier molecular flexibility index (Phi) is 9.30. The van der Waals surface area contributed by atoms with Crippen LogP contribution in [0.5, 0.6) is 0 Å². The lowest BCUT2D eigenvalue weighted by atomic mass is 9.99. The average Bonchev–Trinajstić information content (AvgIpc) is 2.54. The van der Waals surface area contributed by atoms with Gasteiger partial charge in [-0.1, -0.05) is 45.9 Å². The summed E-state index contributed by atoms with van der Waals surface area (Å²) in [7, 11) is 0. The molecule has 1 aromatic carbocycles. The molecule has 146 valence electrons. The van der Waals surface area contributed by atoms with Crippen LogP contribution in [0.1, 0.15) is 41.0 Å². The minimum Gasteiger partial charge on any atom is -0.388 e. The number of benzene rings is 1. The first-order chi connectivity index (χ1) is 12.2. The number of nitrogens with one attached hydrogen (secondary N) is 2. The van der Waals surface area contributed by atoms with Gasteiger partial charge in [0.15, 0.2) is 6.04 Å². The van der Waals surface area contributed by atoms with E-state index in [0.717, 1.165) is 0 Å². The highest BCUT2D eigenvalue weighted by atomic mass is 16.3. The van der Waals surface area contributed by atoms with E-state index in [4.69, 9.17) is 0 Å². The number of aliphatic hydroxyl groups is 1. The molecule has 0 radical (unpaired) electrons. The molecule has 0 aliphatic rings. The number of rotatable bonds is 10. The summed E-state index contributed by atoms with van der Waals surface area (Å²) < 4.78 is 0. The van der Waals surface area contributed by atoms with E-state index in [0.29, 0.717) is 18.7 Å². The molecular formula is C20H34N3O3+. The normalized spacial score (nSPS) is 14.8. The minimum atomic E-state index is -0.594. The van der Waals surface area contributed by atoms with Crippen LogP contribution in [0.15, 0.2) is 30.3 Å². The van der Waals surface area contributed by atoms with Crippen LogP contribution in [-0.2, 0) is 9.59 Å². The number of para-hydroxylation sites is 1. The van der Waals surface area contributed by atoms with Crippen LogP contribution in [0.3, 0.4) is 0 Å². The molecule has 6 nitrogen and oxygen atoms in total. The molecule has 1 rings (SSSR count). The summed E-state index contributed by atoms with van der Waals surface area (Å²) in [6, 6.07) is 8.29. The van der Waals surface area contributed by atoms with Crippen molar-refractivity contribution in [1.29, 1.82) is 0 Å². The summed E-state index contributed by atoms with van der Waals surface area (Å²) in [5.41, 5.74) is 0.710. The van der Waals surface area contributed by atoms with Gasteiger partial charge >= 0.3 is 0 Å². The van der Waals surface area contributed by atoms with E-state index < -0.39 is 12.1 Å². The SMILES string of the molecule is CC(C)C[C@H](NC(=O)[C@@H]([NH2+]C[C@H](C)O)C(C)C)C(=O)Nc1ccccc1. The van der Waals surface area contributed by atoms with E-state index in [1.54, 1.807) is 6.92 Å². The van der Waals surface area contributed by atoms with Crippen molar-refractivity contribution in [2.75, 3.05) is 11.9 Å². The first kappa shape index (κ1) is 22.1. The summed E-state index contributed by atoms with van der Waals surface area (Å²) in [5, 5.41) is 17.1. The lowest BCUT2D eigenvalue weighted by Crippen LogP contribution is -2.95. The van der Waals surface area contributed by atoms with Crippen molar-refractivity contribution in [3.8, 4) is 0 Å². The van der Waals surface area contributed by atoms with Crippen LogP contribution in [0.4, 0.5) is 5.69 Å². The van der Waals surface area contributed by atoms with E-state index in [9.17, 15) is 14.7 Å². The highest BCUT2D eigenvalue weighted by Gasteiger charge is 2.30. The Morgan fingerprint density at radius 2 is 1.65 bits per heavy atom. The zero-order chi connectivity index (χ0) is 19.7. The lowest BCUT2D eigenvalue weighted by molar-refractivity contribution is -0.687. The number of hydrogen-bond donors (Lipinski definition) is 4. The van der Waals surface area contributed by atoms with Crippen molar-refractivity contribution in [2.45, 2.75) is 59.2 Å². The van der Waals surface area contributed by atoms with Gasteiger partial charge in [-0.2, -0.15) is 0 Å². The fourth-order valence-electron chi connectivity index (χ4n) is 2.75. The number of carbonyl (C=O) groups is 2. The molecule has 5 N–H and O–H groups in total. The van der Waals surface area contributed by atoms with Gasteiger partial charge in [0.1, 0.15) is 12.6 Å². The summed E-state index contributed by atoms with van der Waals surface area (Å²) in [6.45, 7) is 10.1. The second-order valence-electron chi connectivity index (χ2n) is 7.64. The maximum atomic E-state index is 12.7. The molecule has 6 heteroatoms. The highest BCUT2D eigenvalue weighted by molar-refractivity contribution is 5.97. The number of nitrogens with two attached hydrogens (primary N) is 1. The Balaban J connectivity index is 2.80. The molecule has 0 aromatic heterocycles. The van der Waals surface area contributed by atoms with Crippen molar-refractivity contribution >= 4 is 17.5 Å². The van der Waals surface area contributed by atoms with E-state index in [1.165, 1.54) is 0 Å². The summed E-state index contributed by atoms with van der Waals surface area (Å²) in [4.78, 5) is 25.4. The molecule has 0 heterocycles. The molecule has 0 spiro atoms. The molecule has 0 unspecified atom stereocenters. The highest BCUT2D eigenvalue weighted by Crippen LogP contribution is 2.11. The zero-order valence-electron chi connectivity index (χ0n) is 16.5. The molecular weight excluding hydrogens is 330 g/mol. The van der Waals surface area contributed by atoms with Crippen LogP contribution < -0.4 is 16.0 Å². The van der Waals surface area contributed by atoms with Gasteiger partial charge < -0.3 is 21.1 Å². The van der Waals surface area contributed by atoms with E-state index >= 15 is 0 Å². The van der Waals surface area contributed by atoms with Crippen molar-refractivity contribution < 1.29 is 20.0 Å². The quantitative estimate of drug-likeness (QED) is 0.501. The zero-order valence-corrected chi connectivity index (χ0v) is 16.5. The molecule has 0 aliphatic heterocycles. The Bertz CT molecular complexity index is 559. The molecule has 0 aliphatic carbocycles. The van der Waals surface area contributed by atoms with Crippen LogP contribution in [-0.4, -0.2) is 41.7 Å². The molecule has 0 saturated heterocycles. The predicted octanol–water partition coefficient (Wildman–Crippen LogP) is 1.12. The maximum Gasteiger partial charge on any atom is 0.279 e. The van der Waals surface area contributed by atoms with E-state index in [2.05, 4.69) is 10.6 Å². The largest absolute Gasteiger partial charge is 0.388 e. The fraction of sp³-hybridized carbons (Fsp3) is 0.600. The monoisotopic (exact) mass is 364 g/mol. The third kappa shape index (κ3) is 7.97. The smallest absolute Gasteiger partial charge is 0.279 e. The first-order valence-electron chi connectivity index (χ1n) is 9.38. The predicted molar refractivity (Wildman–Crippen MR) is 104 cm³/mol.